The van der Waals surface area contributed by atoms with Crippen LogP contribution in [-0.4, -0.2) is 76.4 Å². The Hall–Kier alpha value is -3.01. The van der Waals surface area contributed by atoms with E-state index in [-0.39, 0.29) is 16.7 Å². The quantitative estimate of drug-likeness (QED) is 0.363. The maximum absolute atomic E-state index is 13.5. The normalized spacial score (nSPS) is 18.3. The van der Waals surface area contributed by atoms with Crippen LogP contribution in [0.2, 0.25) is 0 Å². The van der Waals surface area contributed by atoms with Crippen LogP contribution < -0.4 is 4.90 Å². The van der Waals surface area contributed by atoms with E-state index in [2.05, 4.69) is 4.90 Å². The van der Waals surface area contributed by atoms with Gasteiger partial charge in [0.25, 0.3) is 11.8 Å². The minimum absolute atomic E-state index is 0.00299. The number of rotatable bonds is 7. The van der Waals surface area contributed by atoms with E-state index in [1.807, 2.05) is 21.7 Å². The van der Waals surface area contributed by atoms with Crippen LogP contribution in [0.3, 0.4) is 0 Å². The molecule has 0 atom stereocenters. The molecule has 12 heteroatoms. The van der Waals surface area contributed by atoms with E-state index in [1.54, 1.807) is 24.8 Å². The first-order valence-electron chi connectivity index (χ1n) is 12.3. The van der Waals surface area contributed by atoms with E-state index >= 15 is 0 Å². The van der Waals surface area contributed by atoms with Gasteiger partial charge in [0.1, 0.15) is 5.54 Å². The highest BCUT2D eigenvalue weighted by Crippen LogP contribution is 2.38. The predicted molar refractivity (Wildman–Crippen MR) is 143 cm³/mol. The summed E-state index contributed by atoms with van der Waals surface area (Å²) in [6.07, 6.45) is -3.15. The fourth-order valence-corrected chi connectivity index (χ4v) is 5.93. The van der Waals surface area contributed by atoms with Gasteiger partial charge in [-0.1, -0.05) is 0 Å². The minimum atomic E-state index is -4.73. The van der Waals surface area contributed by atoms with Crippen LogP contribution in [0.4, 0.5) is 18.9 Å². The van der Waals surface area contributed by atoms with Gasteiger partial charge in [-0.15, -0.1) is 0 Å². The molecule has 7 nitrogen and oxygen atoms in total. The molecule has 0 spiro atoms. The Morgan fingerprint density at radius 1 is 1.13 bits per heavy atom. The van der Waals surface area contributed by atoms with Crippen LogP contribution in [0, 0.1) is 11.3 Å². The molecule has 3 heterocycles. The van der Waals surface area contributed by atoms with Crippen molar-refractivity contribution in [1.82, 2.24) is 14.7 Å². The Kier molecular flexibility index (Phi) is 8.11. The fraction of sp³-hybridized carbons (Fsp3) is 0.462. The zero-order valence-corrected chi connectivity index (χ0v) is 22.8. The number of hydrogen-bond acceptors (Lipinski definition) is 6. The number of halogens is 3. The molecule has 0 unspecified atom stereocenters. The molecular formula is C26H28F3N5O2S2. The van der Waals surface area contributed by atoms with Crippen molar-refractivity contribution in [3.63, 3.8) is 0 Å². The van der Waals surface area contributed by atoms with Gasteiger partial charge in [-0.25, -0.2) is 0 Å². The number of benzene rings is 1. The molecule has 0 N–H and O–H groups in total. The highest BCUT2D eigenvalue weighted by atomic mass is 32.1. The van der Waals surface area contributed by atoms with Crippen LogP contribution in [0.15, 0.2) is 35.0 Å². The van der Waals surface area contributed by atoms with E-state index in [9.17, 15) is 22.8 Å². The number of nitriles is 1. The first kappa shape index (κ1) is 28.0. The van der Waals surface area contributed by atoms with Gasteiger partial charge < -0.3 is 9.80 Å². The summed E-state index contributed by atoms with van der Waals surface area (Å²) in [6, 6.07) is 6.59. The summed E-state index contributed by atoms with van der Waals surface area (Å²) in [6.45, 7) is 7.65. The monoisotopic (exact) mass is 563 g/mol. The SMILES string of the molecule is CC1(C)C(=O)N(c2ccc(C#N)c(C(F)(F)F)c2)C(=S)N1CCCCN1CCN(C(=O)c2ccsc2)CC1. The third-order valence-electron chi connectivity index (χ3n) is 7.04. The largest absolute Gasteiger partial charge is 0.417 e. The number of piperazine rings is 1. The maximum Gasteiger partial charge on any atom is 0.417 e. The number of thiophene rings is 1. The highest BCUT2D eigenvalue weighted by Gasteiger charge is 2.49. The van der Waals surface area contributed by atoms with E-state index in [0.29, 0.717) is 19.6 Å². The van der Waals surface area contributed by atoms with Crippen molar-refractivity contribution in [3.8, 4) is 6.07 Å². The lowest BCUT2D eigenvalue weighted by Gasteiger charge is -2.35. The average Bonchev–Trinajstić information content (AvgIpc) is 3.47. The van der Waals surface area contributed by atoms with Crippen molar-refractivity contribution in [2.45, 2.75) is 38.4 Å². The standard InChI is InChI=1S/C26H28F3N5O2S2/c1-25(2)23(36)34(20-6-5-18(16-30)21(15-20)26(27,28)29)24(37)33(25)9-4-3-8-31-10-12-32(13-11-31)22(35)19-7-14-38-17-19/h5-7,14-15,17H,3-4,8-13H2,1-2H3. The topological polar surface area (TPSA) is 70.9 Å². The van der Waals surface area contributed by atoms with Crippen LogP contribution in [-0.2, 0) is 11.0 Å². The summed E-state index contributed by atoms with van der Waals surface area (Å²) >= 11 is 7.06. The molecule has 0 bridgehead atoms. The molecule has 2 amide bonds. The van der Waals surface area contributed by atoms with Gasteiger partial charge in [-0.05, 0) is 75.1 Å². The summed E-state index contributed by atoms with van der Waals surface area (Å²) in [5.41, 5.74) is -1.89. The number of thiocarbonyl (C=S) groups is 1. The van der Waals surface area contributed by atoms with Crippen LogP contribution >= 0.6 is 23.6 Å². The molecule has 202 valence electrons. The van der Waals surface area contributed by atoms with Gasteiger partial charge in [0.2, 0.25) is 0 Å². The predicted octanol–water partition coefficient (Wildman–Crippen LogP) is 4.59. The Morgan fingerprint density at radius 3 is 2.42 bits per heavy atom. The molecule has 0 aliphatic carbocycles. The van der Waals surface area contributed by atoms with Gasteiger partial charge in [-0.3, -0.25) is 19.4 Å². The molecule has 38 heavy (non-hydrogen) atoms. The molecule has 1 aromatic carbocycles. The summed E-state index contributed by atoms with van der Waals surface area (Å²) in [4.78, 5) is 32.8. The van der Waals surface area contributed by atoms with Gasteiger partial charge in [0.05, 0.1) is 28.4 Å². The second kappa shape index (κ2) is 11.0. The lowest BCUT2D eigenvalue weighted by Crippen LogP contribution is -2.49. The Balaban J connectivity index is 1.33. The third kappa shape index (κ3) is 5.55. The first-order valence-corrected chi connectivity index (χ1v) is 13.6. The number of anilines is 1. The fourth-order valence-electron chi connectivity index (χ4n) is 4.79. The van der Waals surface area contributed by atoms with Crippen molar-refractivity contribution >= 4 is 46.2 Å². The molecule has 2 fully saturated rings. The average molecular weight is 564 g/mol. The molecule has 2 aromatic rings. The Morgan fingerprint density at radius 2 is 1.82 bits per heavy atom. The first-order chi connectivity index (χ1) is 17.9. The molecule has 2 aliphatic rings. The Bertz CT molecular complexity index is 1250. The smallest absolute Gasteiger partial charge is 0.336 e. The molecule has 2 aliphatic heterocycles. The van der Waals surface area contributed by atoms with E-state index < -0.39 is 28.7 Å². The number of amides is 2. The number of carbonyl (C=O) groups excluding carboxylic acids is 2. The number of alkyl halides is 3. The molecule has 4 rings (SSSR count). The van der Waals surface area contributed by atoms with Crippen molar-refractivity contribution in [3.05, 3.63) is 51.7 Å². The summed E-state index contributed by atoms with van der Waals surface area (Å²) < 4.78 is 40.5. The number of hydrogen-bond donors (Lipinski definition) is 0. The zero-order valence-electron chi connectivity index (χ0n) is 21.1. The summed E-state index contributed by atoms with van der Waals surface area (Å²) in [5, 5.41) is 13.0. The van der Waals surface area contributed by atoms with Gasteiger partial charge in [0, 0.05) is 38.1 Å². The molecule has 0 radical (unpaired) electrons. The lowest BCUT2D eigenvalue weighted by molar-refractivity contribution is -0.137. The second-order valence-corrected chi connectivity index (χ2v) is 11.0. The van der Waals surface area contributed by atoms with Gasteiger partial charge >= 0.3 is 6.18 Å². The minimum Gasteiger partial charge on any atom is -0.336 e. The van der Waals surface area contributed by atoms with E-state index in [0.717, 1.165) is 55.1 Å². The number of nitrogens with zero attached hydrogens (tertiary/aromatic N) is 5. The van der Waals surface area contributed by atoms with Crippen LogP contribution in [0.5, 0.6) is 0 Å². The molecule has 0 saturated carbocycles. The molecule has 1 aromatic heterocycles. The van der Waals surface area contributed by atoms with Crippen LogP contribution in [0.25, 0.3) is 0 Å². The maximum atomic E-state index is 13.5. The Labute approximate surface area is 229 Å². The lowest BCUT2D eigenvalue weighted by atomic mass is 10.0. The van der Waals surface area contributed by atoms with E-state index in [1.165, 1.54) is 17.4 Å². The summed E-state index contributed by atoms with van der Waals surface area (Å²) in [5.74, 6) is -0.346. The van der Waals surface area contributed by atoms with Crippen molar-refractivity contribution in [1.29, 1.82) is 5.26 Å². The van der Waals surface area contributed by atoms with E-state index in [4.69, 9.17) is 17.5 Å². The second-order valence-electron chi connectivity index (χ2n) is 9.83. The molecular weight excluding hydrogens is 535 g/mol. The molecule has 2 saturated heterocycles. The third-order valence-corrected chi connectivity index (χ3v) is 8.13. The van der Waals surface area contributed by atoms with Crippen LogP contribution in [0.1, 0.15) is 48.2 Å². The van der Waals surface area contributed by atoms with Gasteiger partial charge in [-0.2, -0.15) is 29.8 Å². The summed E-state index contributed by atoms with van der Waals surface area (Å²) in [7, 11) is 0. The number of carbonyl (C=O) groups is 2. The van der Waals surface area contributed by atoms with Crippen molar-refractivity contribution in [2.24, 2.45) is 0 Å². The highest BCUT2D eigenvalue weighted by molar-refractivity contribution is 7.80. The number of unbranched alkanes of at least 4 members (excludes halogenated alkanes) is 1. The van der Waals surface area contributed by atoms with Crippen molar-refractivity contribution < 1.29 is 22.8 Å². The van der Waals surface area contributed by atoms with Crippen molar-refractivity contribution in [2.75, 3.05) is 44.2 Å². The van der Waals surface area contributed by atoms with Gasteiger partial charge in [0.15, 0.2) is 5.11 Å². The zero-order chi connectivity index (χ0) is 27.7.